The smallest absolute Gasteiger partial charge is 0.257 e. The second kappa shape index (κ2) is 8.22. The van der Waals surface area contributed by atoms with Crippen LogP contribution in [0.2, 0.25) is 0 Å². The third-order valence-corrected chi connectivity index (χ3v) is 9.35. The maximum atomic E-state index is 14.3. The molecule has 7 heteroatoms. The van der Waals surface area contributed by atoms with E-state index in [1.165, 1.54) is 24.2 Å². The highest BCUT2D eigenvalue weighted by Crippen LogP contribution is 2.60. The van der Waals surface area contributed by atoms with E-state index in [-0.39, 0.29) is 29.6 Å². The maximum Gasteiger partial charge on any atom is 0.257 e. The number of rotatable bonds is 6. The first-order valence-corrected chi connectivity index (χ1v) is 13.2. The van der Waals surface area contributed by atoms with Crippen LogP contribution in [0.5, 0.6) is 5.75 Å². The van der Waals surface area contributed by atoms with Crippen LogP contribution in [-0.2, 0) is 20.9 Å². The molecule has 4 bridgehead atoms. The van der Waals surface area contributed by atoms with Gasteiger partial charge in [0.25, 0.3) is 5.91 Å². The average Bonchev–Trinajstić information content (AvgIpc) is 3.43. The predicted molar refractivity (Wildman–Crippen MR) is 129 cm³/mol. The minimum absolute atomic E-state index is 0.0361. The number of methoxy groups -OCH3 is 1. The summed E-state index contributed by atoms with van der Waals surface area (Å²) in [7, 11) is 1.58. The van der Waals surface area contributed by atoms with E-state index in [9.17, 15) is 14.4 Å². The third kappa shape index (κ3) is 3.56. The maximum absolute atomic E-state index is 14.3. The number of nitrogens with zero attached hydrogens (tertiary/aromatic N) is 2. The Morgan fingerprint density at radius 2 is 1.71 bits per heavy atom. The molecule has 2 heterocycles. The highest BCUT2D eigenvalue weighted by Gasteiger charge is 2.57. The number of anilines is 1. The summed E-state index contributed by atoms with van der Waals surface area (Å²) in [5.74, 6) is 2.11. The Balaban J connectivity index is 1.32. The van der Waals surface area contributed by atoms with Gasteiger partial charge in [0, 0.05) is 4.88 Å². The van der Waals surface area contributed by atoms with Crippen LogP contribution in [0.15, 0.2) is 41.8 Å². The number of carbonyl (C=O) groups excluding carboxylic acids is 3. The average molecular weight is 479 g/mol. The van der Waals surface area contributed by atoms with E-state index in [1.807, 2.05) is 17.5 Å². The molecule has 0 radical (unpaired) electrons. The fourth-order valence-electron chi connectivity index (χ4n) is 7.43. The van der Waals surface area contributed by atoms with Crippen LogP contribution in [0.4, 0.5) is 5.69 Å². The molecule has 1 aliphatic heterocycles. The third-order valence-electron chi connectivity index (χ3n) is 8.49. The van der Waals surface area contributed by atoms with Gasteiger partial charge in [-0.15, -0.1) is 11.3 Å². The number of amides is 3. The van der Waals surface area contributed by atoms with Crippen LogP contribution in [-0.4, -0.2) is 35.8 Å². The highest BCUT2D eigenvalue weighted by molar-refractivity contribution is 7.09. The van der Waals surface area contributed by atoms with E-state index in [0.29, 0.717) is 35.7 Å². The van der Waals surface area contributed by atoms with Crippen molar-refractivity contribution < 1.29 is 19.1 Å². The largest absolute Gasteiger partial charge is 0.497 e. The molecule has 7 rings (SSSR count). The first kappa shape index (κ1) is 21.8. The van der Waals surface area contributed by atoms with Crippen molar-refractivity contribution in [1.29, 1.82) is 0 Å². The second-order valence-corrected chi connectivity index (χ2v) is 11.7. The number of benzene rings is 1. The number of carbonyl (C=O) groups is 3. The lowest BCUT2D eigenvalue weighted by molar-refractivity contribution is -0.162. The SMILES string of the molecule is COc1ccc(N2C(=O)CC(N(Cc3cccs3)C(=O)C34CC5CC(CC(C5)C3)C4)C2=O)cc1. The van der Waals surface area contributed by atoms with Crippen LogP contribution >= 0.6 is 11.3 Å². The minimum atomic E-state index is -0.753. The first-order chi connectivity index (χ1) is 16.5. The first-order valence-electron chi connectivity index (χ1n) is 12.3. The van der Waals surface area contributed by atoms with Crippen molar-refractivity contribution in [3.63, 3.8) is 0 Å². The number of thiophene rings is 1. The summed E-state index contributed by atoms with van der Waals surface area (Å²) in [6, 6.07) is 10.2. The van der Waals surface area contributed by atoms with E-state index < -0.39 is 6.04 Å². The van der Waals surface area contributed by atoms with E-state index in [4.69, 9.17) is 4.74 Å². The predicted octanol–water partition coefficient (Wildman–Crippen LogP) is 4.63. The van der Waals surface area contributed by atoms with Gasteiger partial charge >= 0.3 is 0 Å². The molecule has 1 saturated heterocycles. The van der Waals surface area contributed by atoms with Crippen molar-refractivity contribution in [2.75, 3.05) is 12.0 Å². The highest BCUT2D eigenvalue weighted by atomic mass is 32.1. The van der Waals surface area contributed by atoms with Crippen LogP contribution < -0.4 is 9.64 Å². The Morgan fingerprint density at radius 3 is 2.26 bits per heavy atom. The number of hydrogen-bond donors (Lipinski definition) is 0. The molecule has 6 nitrogen and oxygen atoms in total. The summed E-state index contributed by atoms with van der Waals surface area (Å²) >= 11 is 1.59. The molecule has 1 atom stereocenters. The summed E-state index contributed by atoms with van der Waals surface area (Å²) in [6.45, 7) is 0.387. The molecule has 4 aliphatic carbocycles. The van der Waals surface area contributed by atoms with E-state index in [1.54, 1.807) is 47.6 Å². The summed E-state index contributed by atoms with van der Waals surface area (Å²) in [5, 5.41) is 1.99. The van der Waals surface area contributed by atoms with Gasteiger partial charge in [-0.1, -0.05) is 6.07 Å². The molecule has 0 spiro atoms. The molecule has 1 aromatic carbocycles. The molecule has 5 fully saturated rings. The monoisotopic (exact) mass is 478 g/mol. The Morgan fingerprint density at radius 1 is 1.06 bits per heavy atom. The molecule has 1 unspecified atom stereocenters. The van der Waals surface area contributed by atoms with Crippen molar-refractivity contribution in [3.05, 3.63) is 46.7 Å². The van der Waals surface area contributed by atoms with E-state index in [2.05, 4.69) is 0 Å². The summed E-state index contributed by atoms with van der Waals surface area (Å²) in [5.41, 5.74) is 0.166. The zero-order valence-electron chi connectivity index (χ0n) is 19.4. The van der Waals surface area contributed by atoms with Crippen LogP contribution in [0.1, 0.15) is 49.8 Å². The van der Waals surface area contributed by atoms with Gasteiger partial charge in [0.05, 0.1) is 31.2 Å². The summed E-state index contributed by atoms with van der Waals surface area (Å²) < 4.78 is 5.21. The number of hydrogen-bond acceptors (Lipinski definition) is 5. The van der Waals surface area contributed by atoms with Crippen molar-refractivity contribution in [3.8, 4) is 5.75 Å². The molecule has 5 aliphatic rings. The van der Waals surface area contributed by atoms with Crippen molar-refractivity contribution in [2.24, 2.45) is 23.2 Å². The summed E-state index contributed by atoms with van der Waals surface area (Å²) in [4.78, 5) is 45.1. The van der Waals surface area contributed by atoms with Crippen LogP contribution in [0.25, 0.3) is 0 Å². The lowest BCUT2D eigenvalue weighted by atomic mass is 9.49. The molecule has 2 aromatic rings. The van der Waals surface area contributed by atoms with Gasteiger partial charge in [-0.25, -0.2) is 4.90 Å². The van der Waals surface area contributed by atoms with Gasteiger partial charge in [0.15, 0.2) is 0 Å². The lowest BCUT2D eigenvalue weighted by Gasteiger charge is -2.56. The molecule has 178 valence electrons. The topological polar surface area (TPSA) is 66.9 Å². The van der Waals surface area contributed by atoms with E-state index >= 15 is 0 Å². The van der Waals surface area contributed by atoms with Gasteiger partial charge in [-0.05, 0) is 92.0 Å². The Bertz CT molecular complexity index is 1070. The van der Waals surface area contributed by atoms with Crippen LogP contribution in [0, 0.1) is 23.2 Å². The van der Waals surface area contributed by atoms with Gasteiger partial charge in [0.2, 0.25) is 11.8 Å². The van der Waals surface area contributed by atoms with Crippen LogP contribution in [0.3, 0.4) is 0 Å². The molecule has 0 N–H and O–H groups in total. The van der Waals surface area contributed by atoms with Gasteiger partial charge in [-0.3, -0.25) is 14.4 Å². The Hall–Kier alpha value is -2.67. The normalized spacial score (nSPS) is 31.9. The van der Waals surface area contributed by atoms with Crippen molar-refractivity contribution in [1.82, 2.24) is 4.90 Å². The second-order valence-electron chi connectivity index (χ2n) is 10.7. The molecule has 3 amide bonds. The Kier molecular flexibility index (Phi) is 5.28. The fraction of sp³-hybridized carbons (Fsp3) is 0.519. The standard InChI is InChI=1S/C27H30N2O4S/c1-33-21-6-4-20(5-7-21)29-24(30)12-23(25(29)31)28(16-22-3-2-8-34-22)26(32)27-13-17-9-18(14-27)11-19(10-17)15-27/h2-8,17-19,23H,9-16H2,1H3. The van der Waals surface area contributed by atoms with Crippen molar-refractivity contribution in [2.45, 2.75) is 57.5 Å². The molecule has 34 heavy (non-hydrogen) atoms. The fourth-order valence-corrected chi connectivity index (χ4v) is 8.14. The molecular weight excluding hydrogens is 448 g/mol. The van der Waals surface area contributed by atoms with E-state index in [0.717, 1.165) is 24.1 Å². The zero-order valence-corrected chi connectivity index (χ0v) is 20.3. The molecule has 1 aromatic heterocycles. The lowest BCUT2D eigenvalue weighted by Crippen LogP contribution is -2.57. The zero-order chi connectivity index (χ0) is 23.4. The summed E-state index contributed by atoms with van der Waals surface area (Å²) in [6.07, 6.45) is 6.62. The minimum Gasteiger partial charge on any atom is -0.497 e. The van der Waals surface area contributed by atoms with Gasteiger partial charge in [-0.2, -0.15) is 0 Å². The van der Waals surface area contributed by atoms with Gasteiger partial charge < -0.3 is 9.64 Å². The number of imide groups is 1. The Labute approximate surface area is 203 Å². The molecule has 4 saturated carbocycles. The van der Waals surface area contributed by atoms with Crippen molar-refractivity contribution >= 4 is 34.7 Å². The quantitative estimate of drug-likeness (QED) is 0.568. The van der Waals surface area contributed by atoms with Gasteiger partial charge in [0.1, 0.15) is 11.8 Å². The molecular formula is C27H30N2O4S. The number of ether oxygens (including phenoxy) is 1.